The summed E-state index contributed by atoms with van der Waals surface area (Å²) in [7, 11) is 5.83. The summed E-state index contributed by atoms with van der Waals surface area (Å²) in [6, 6.07) is 2.29. The summed E-state index contributed by atoms with van der Waals surface area (Å²) in [6.07, 6.45) is 0.293. The molecule has 0 radical (unpaired) electrons. The third kappa shape index (κ3) is 10.9. The van der Waals surface area contributed by atoms with Crippen LogP contribution in [0.3, 0.4) is 0 Å². The molecular weight excluding hydrogens is 521 g/mol. The molecule has 0 bridgehead atoms. The van der Waals surface area contributed by atoms with Crippen LogP contribution in [-0.2, 0) is 33.4 Å². The van der Waals surface area contributed by atoms with E-state index < -0.39 is 11.7 Å². The fraction of sp³-hybridized carbons (Fsp3) is 0.800. The minimum absolute atomic E-state index is 0.0161. The van der Waals surface area contributed by atoms with Crippen LogP contribution in [0.5, 0.6) is 0 Å². The summed E-state index contributed by atoms with van der Waals surface area (Å²) in [5.41, 5.74) is 0.398. The molecule has 1 aromatic rings. The Balaban J connectivity index is 0.000000700. The molecule has 4 rings (SSSR count). The van der Waals surface area contributed by atoms with E-state index in [-0.39, 0.29) is 36.6 Å². The van der Waals surface area contributed by atoms with E-state index in [4.69, 9.17) is 9.47 Å². The fourth-order valence-electron chi connectivity index (χ4n) is 4.82. The Labute approximate surface area is 240 Å². The average molecular weight is 575 g/mol. The third-order valence-electron chi connectivity index (χ3n) is 7.55. The Morgan fingerprint density at radius 3 is 2.40 bits per heavy atom. The van der Waals surface area contributed by atoms with Crippen LogP contribution in [0.2, 0.25) is 0 Å². The quantitative estimate of drug-likeness (QED) is 0.497. The smallest absolute Gasteiger partial charge is 0.379 e. The van der Waals surface area contributed by atoms with Gasteiger partial charge < -0.3 is 24.6 Å². The predicted octanol–water partition coefficient (Wildman–Crippen LogP) is 5.56. The maximum atomic E-state index is 13.1. The van der Waals surface area contributed by atoms with Gasteiger partial charge in [0.15, 0.2) is 0 Å². The van der Waals surface area contributed by atoms with E-state index in [2.05, 4.69) is 43.1 Å². The van der Waals surface area contributed by atoms with E-state index in [0.29, 0.717) is 43.5 Å². The minimum Gasteiger partial charge on any atom is -0.379 e. The number of halogens is 3. The van der Waals surface area contributed by atoms with E-state index in [1.165, 1.54) is 0 Å². The second-order valence-corrected chi connectivity index (χ2v) is 10.5. The van der Waals surface area contributed by atoms with Gasteiger partial charge >= 0.3 is 6.18 Å². The molecule has 232 valence electrons. The Hall–Kier alpha value is -1.75. The number of ether oxygens (including phenoxy) is 2. The van der Waals surface area contributed by atoms with Gasteiger partial charge in [0.25, 0.3) is 0 Å². The van der Waals surface area contributed by atoms with Crippen molar-refractivity contribution in [3.05, 3.63) is 29.1 Å². The summed E-state index contributed by atoms with van der Waals surface area (Å²) < 4.78 is 50.0. The Bertz CT molecular complexity index is 861. The van der Waals surface area contributed by atoms with Crippen LogP contribution in [0, 0.1) is 5.92 Å². The molecule has 1 saturated heterocycles. The summed E-state index contributed by atoms with van der Waals surface area (Å²) in [4.78, 5) is 20.9. The first-order valence-electron chi connectivity index (χ1n) is 14.9. The van der Waals surface area contributed by atoms with Crippen LogP contribution in [0.1, 0.15) is 84.0 Å². The van der Waals surface area contributed by atoms with Gasteiger partial charge in [-0.15, -0.1) is 0 Å². The number of rotatable bonds is 5. The molecule has 0 spiro atoms. The lowest BCUT2D eigenvalue weighted by atomic mass is 10.00. The van der Waals surface area contributed by atoms with Crippen molar-refractivity contribution >= 4 is 5.91 Å². The molecule has 0 aromatic carbocycles. The summed E-state index contributed by atoms with van der Waals surface area (Å²) in [5, 5.41) is 3.64. The van der Waals surface area contributed by atoms with Crippen molar-refractivity contribution in [2.75, 3.05) is 41.0 Å². The Morgan fingerprint density at radius 1 is 1.18 bits per heavy atom. The number of amides is 1. The normalized spacial score (nSPS) is 24.2. The maximum Gasteiger partial charge on any atom is 0.417 e. The van der Waals surface area contributed by atoms with Crippen LogP contribution in [-0.4, -0.2) is 85.9 Å². The van der Waals surface area contributed by atoms with Crippen molar-refractivity contribution in [2.45, 2.75) is 111 Å². The van der Waals surface area contributed by atoms with E-state index in [1.54, 1.807) is 12.0 Å². The number of pyridine rings is 1. The maximum absolute atomic E-state index is 13.1. The van der Waals surface area contributed by atoms with Crippen molar-refractivity contribution in [1.29, 1.82) is 0 Å². The van der Waals surface area contributed by atoms with Crippen LogP contribution >= 0.6 is 0 Å². The molecule has 2 aliphatic heterocycles. The van der Waals surface area contributed by atoms with Crippen molar-refractivity contribution in [1.82, 2.24) is 20.1 Å². The number of hydrogen-bond donors (Lipinski definition) is 1. The molecule has 40 heavy (non-hydrogen) atoms. The molecule has 1 aromatic heterocycles. The second-order valence-electron chi connectivity index (χ2n) is 10.5. The minimum atomic E-state index is -4.43. The molecule has 1 N–H and O–H groups in total. The molecule has 4 atom stereocenters. The van der Waals surface area contributed by atoms with Gasteiger partial charge in [-0.1, -0.05) is 27.7 Å². The summed E-state index contributed by atoms with van der Waals surface area (Å²) in [6.45, 7) is 14.3. The summed E-state index contributed by atoms with van der Waals surface area (Å²) >= 11 is 0. The lowest BCUT2D eigenvalue weighted by molar-refractivity contribution is -0.138. The number of hydrogen-bond acceptors (Lipinski definition) is 6. The van der Waals surface area contributed by atoms with Gasteiger partial charge in [-0.3, -0.25) is 9.78 Å². The number of nitrogens with one attached hydrogen (secondary N) is 1. The first-order chi connectivity index (χ1) is 19.0. The van der Waals surface area contributed by atoms with Gasteiger partial charge in [-0.25, -0.2) is 0 Å². The van der Waals surface area contributed by atoms with Crippen LogP contribution < -0.4 is 5.32 Å². The molecule has 1 saturated carbocycles. The Morgan fingerprint density at radius 2 is 1.82 bits per heavy atom. The molecule has 3 heterocycles. The highest BCUT2D eigenvalue weighted by atomic mass is 19.4. The van der Waals surface area contributed by atoms with Crippen molar-refractivity contribution in [3.8, 4) is 0 Å². The van der Waals surface area contributed by atoms with Gasteiger partial charge in [-0.05, 0) is 65.3 Å². The zero-order chi connectivity index (χ0) is 30.5. The highest BCUT2D eigenvalue weighted by Crippen LogP contribution is 2.33. The number of aromatic nitrogens is 1. The largest absolute Gasteiger partial charge is 0.417 e. The fourth-order valence-corrected chi connectivity index (χ4v) is 4.82. The molecule has 4 unspecified atom stereocenters. The van der Waals surface area contributed by atoms with Gasteiger partial charge in [0.05, 0.1) is 18.3 Å². The molecule has 3 aliphatic rings. The standard InChI is InChI=1S/C21H28F3N3O3.C5H13N.2C2H6/c1-29-19-12-30-7-5-18(19)26-16-3-2-13(9-16)20(28)27-6-4-17-14(11-27)8-15(10-25-17)21(22,23)24;1-5(2)6(3)4;2*1-2/h8,10,13,16,18-19,26H,2-7,9,11-12H2,1H3;5H,1-4H3;2*1-2H3. The molecule has 10 heteroatoms. The van der Waals surface area contributed by atoms with Crippen molar-refractivity contribution in [3.63, 3.8) is 0 Å². The van der Waals surface area contributed by atoms with Gasteiger partial charge in [0.2, 0.25) is 5.91 Å². The van der Waals surface area contributed by atoms with Crippen LogP contribution in [0.4, 0.5) is 13.2 Å². The van der Waals surface area contributed by atoms with Crippen molar-refractivity contribution in [2.24, 2.45) is 5.92 Å². The van der Waals surface area contributed by atoms with E-state index >= 15 is 0 Å². The van der Waals surface area contributed by atoms with Gasteiger partial charge in [0, 0.05) is 69.2 Å². The second kappa shape index (κ2) is 17.9. The zero-order valence-electron chi connectivity index (χ0n) is 26.1. The summed E-state index contributed by atoms with van der Waals surface area (Å²) in [5.74, 6) is -0.0544. The number of methoxy groups -OCH3 is 1. The van der Waals surface area contributed by atoms with E-state index in [0.717, 1.165) is 37.9 Å². The lowest BCUT2D eigenvalue weighted by Crippen LogP contribution is -2.50. The van der Waals surface area contributed by atoms with E-state index in [1.807, 2.05) is 27.7 Å². The highest BCUT2D eigenvalue weighted by molar-refractivity contribution is 5.79. The van der Waals surface area contributed by atoms with Crippen LogP contribution in [0.15, 0.2) is 12.3 Å². The first kappa shape index (κ1) is 36.3. The lowest BCUT2D eigenvalue weighted by Gasteiger charge is -2.33. The number of carbonyl (C=O) groups is 1. The molecule has 2 fully saturated rings. The number of carbonyl (C=O) groups excluding carboxylic acids is 1. The SMILES string of the molecule is CC.CC.CC(C)N(C)C.COC1COCCC1NC1CCC(C(=O)N2CCc3ncc(C(F)(F)F)cc3C2)C1. The number of nitrogens with zero attached hydrogens (tertiary/aromatic N) is 3. The van der Waals surface area contributed by atoms with Crippen LogP contribution in [0.25, 0.3) is 0 Å². The topological polar surface area (TPSA) is 66.9 Å². The van der Waals surface area contributed by atoms with Crippen molar-refractivity contribution < 1.29 is 27.4 Å². The molecule has 1 amide bonds. The molecule has 7 nitrogen and oxygen atoms in total. The zero-order valence-corrected chi connectivity index (χ0v) is 26.1. The number of alkyl halides is 3. The third-order valence-corrected chi connectivity index (χ3v) is 7.55. The molecular formula is C30H53F3N4O3. The average Bonchev–Trinajstić information content (AvgIpc) is 3.42. The molecule has 1 aliphatic carbocycles. The predicted molar refractivity (Wildman–Crippen MR) is 154 cm³/mol. The Kier molecular flexibility index (Phi) is 16.3. The van der Waals surface area contributed by atoms with Gasteiger partial charge in [0.1, 0.15) is 0 Å². The first-order valence-corrected chi connectivity index (χ1v) is 14.9. The van der Waals surface area contributed by atoms with Gasteiger partial charge in [-0.2, -0.15) is 13.2 Å². The number of fused-ring (bicyclic) bond motifs is 1. The highest BCUT2D eigenvalue weighted by Gasteiger charge is 2.37. The van der Waals surface area contributed by atoms with E-state index in [9.17, 15) is 18.0 Å². The monoisotopic (exact) mass is 574 g/mol.